The fraction of sp³-hybridized carbons (Fsp3) is 0. The Morgan fingerprint density at radius 2 is 0.918 bits per heavy atom. The number of anilines is 3. The Morgan fingerprint density at radius 1 is 0.327 bits per heavy atom. The van der Waals surface area contributed by atoms with Gasteiger partial charge in [-0.25, -0.2) is 0 Å². The van der Waals surface area contributed by atoms with Crippen molar-refractivity contribution < 1.29 is 8.83 Å². The number of hydrogen-bond donors (Lipinski definition) is 0. The summed E-state index contributed by atoms with van der Waals surface area (Å²) in [5.41, 5.74) is 11.3. The van der Waals surface area contributed by atoms with E-state index in [4.69, 9.17) is 8.83 Å². The van der Waals surface area contributed by atoms with Crippen molar-refractivity contribution >= 4 is 71.7 Å². The predicted octanol–water partition coefficient (Wildman–Crippen LogP) is 13.4. The third-order valence-electron chi connectivity index (χ3n) is 9.66. The Kier molecular flexibility index (Phi) is 6.18. The molecule has 3 heteroatoms. The number of benzene rings is 8. The van der Waals surface area contributed by atoms with Gasteiger partial charge in [0.2, 0.25) is 0 Å². The molecule has 0 aliphatic heterocycles. The van der Waals surface area contributed by atoms with Crippen molar-refractivity contribution in [3.8, 4) is 22.3 Å². The van der Waals surface area contributed by atoms with Crippen LogP contribution >= 0.6 is 0 Å². The molecule has 0 amide bonds. The zero-order chi connectivity index (χ0) is 32.3. The van der Waals surface area contributed by atoms with Crippen LogP contribution in [0, 0.1) is 0 Å². The molecule has 0 aliphatic rings. The summed E-state index contributed by atoms with van der Waals surface area (Å²) in [5.74, 6) is 0. The summed E-state index contributed by atoms with van der Waals surface area (Å²) in [6.45, 7) is 0. The van der Waals surface area contributed by atoms with Crippen LogP contribution in [0.15, 0.2) is 185 Å². The summed E-state index contributed by atoms with van der Waals surface area (Å²) < 4.78 is 13.1. The first kappa shape index (κ1) is 27.5. The van der Waals surface area contributed by atoms with E-state index in [1.54, 1.807) is 0 Å². The van der Waals surface area contributed by atoms with Crippen LogP contribution in [-0.2, 0) is 0 Å². The molecule has 3 nitrogen and oxygen atoms in total. The van der Waals surface area contributed by atoms with Crippen molar-refractivity contribution in [2.45, 2.75) is 0 Å². The Hall–Kier alpha value is -6.58. The first-order chi connectivity index (χ1) is 24.3. The highest BCUT2D eigenvalue weighted by atomic mass is 16.3. The molecule has 8 aromatic carbocycles. The van der Waals surface area contributed by atoms with Gasteiger partial charge < -0.3 is 13.7 Å². The van der Waals surface area contributed by atoms with Gasteiger partial charge in [-0.15, -0.1) is 0 Å². The van der Waals surface area contributed by atoms with E-state index in [1.807, 2.05) is 18.2 Å². The molecule has 2 aromatic heterocycles. The lowest BCUT2D eigenvalue weighted by Crippen LogP contribution is -2.10. The zero-order valence-corrected chi connectivity index (χ0v) is 26.5. The molecule has 0 N–H and O–H groups in total. The molecule has 0 atom stereocenters. The quantitative estimate of drug-likeness (QED) is 0.190. The third-order valence-corrected chi connectivity index (χ3v) is 9.66. The van der Waals surface area contributed by atoms with Gasteiger partial charge in [0.15, 0.2) is 5.58 Å². The molecule has 0 saturated heterocycles. The fourth-order valence-electron chi connectivity index (χ4n) is 7.35. The van der Waals surface area contributed by atoms with E-state index in [2.05, 4.69) is 163 Å². The van der Waals surface area contributed by atoms with Gasteiger partial charge in [0.1, 0.15) is 16.7 Å². The Bertz CT molecular complexity index is 2810. The summed E-state index contributed by atoms with van der Waals surface area (Å²) in [6.07, 6.45) is 0. The smallest absolute Gasteiger partial charge is 0.159 e. The summed E-state index contributed by atoms with van der Waals surface area (Å²) >= 11 is 0. The van der Waals surface area contributed by atoms with E-state index in [1.165, 1.54) is 11.1 Å². The second-order valence-electron chi connectivity index (χ2n) is 12.5. The number of para-hydroxylation sites is 3. The van der Waals surface area contributed by atoms with Crippen molar-refractivity contribution in [2.75, 3.05) is 4.90 Å². The molecular formula is C46H29NO2. The molecule has 10 aromatic rings. The standard InChI is InChI=1S/C46H29NO2/c1-3-12-30(13-4-1)32-24-27-37-41-29-40(35-16-7-8-18-38(35)45(41)49-44(37)28-32)31-22-25-34(26-23-31)47(33-14-5-2-6-15-33)42-20-11-19-39-36-17-9-10-21-43(36)48-46(39)42/h1-29H. The lowest BCUT2D eigenvalue weighted by Gasteiger charge is -2.25. The summed E-state index contributed by atoms with van der Waals surface area (Å²) in [4.78, 5) is 2.28. The van der Waals surface area contributed by atoms with Crippen molar-refractivity contribution in [3.63, 3.8) is 0 Å². The molecule has 0 fully saturated rings. The van der Waals surface area contributed by atoms with E-state index in [-0.39, 0.29) is 0 Å². The molecule has 0 aliphatic carbocycles. The van der Waals surface area contributed by atoms with Gasteiger partial charge in [0.05, 0.1) is 5.69 Å². The van der Waals surface area contributed by atoms with Crippen LogP contribution in [-0.4, -0.2) is 0 Å². The maximum absolute atomic E-state index is 6.61. The number of hydrogen-bond acceptors (Lipinski definition) is 3. The first-order valence-electron chi connectivity index (χ1n) is 16.6. The number of furan rings is 2. The molecular weight excluding hydrogens is 599 g/mol. The lowest BCUT2D eigenvalue weighted by atomic mass is 9.95. The van der Waals surface area contributed by atoms with Crippen molar-refractivity contribution in [1.29, 1.82) is 0 Å². The molecule has 0 saturated carbocycles. The summed E-state index contributed by atoms with van der Waals surface area (Å²) in [5, 5.41) is 6.74. The topological polar surface area (TPSA) is 29.5 Å². The Labute approximate surface area is 282 Å². The SMILES string of the molecule is c1ccc(-c2ccc3c(c2)oc2c4ccccc4c(-c4ccc(N(c5ccccc5)c5cccc6c5oc5ccccc56)cc4)cc32)cc1. The monoisotopic (exact) mass is 627 g/mol. The van der Waals surface area contributed by atoms with Gasteiger partial charge in [-0.2, -0.15) is 0 Å². The maximum Gasteiger partial charge on any atom is 0.159 e. The molecule has 0 radical (unpaired) electrons. The van der Waals surface area contributed by atoms with Crippen molar-refractivity contribution in [2.24, 2.45) is 0 Å². The number of rotatable bonds is 5. The van der Waals surface area contributed by atoms with Crippen LogP contribution in [0.4, 0.5) is 17.1 Å². The second-order valence-corrected chi connectivity index (χ2v) is 12.5. The molecule has 49 heavy (non-hydrogen) atoms. The highest BCUT2D eigenvalue weighted by Gasteiger charge is 2.20. The molecule has 0 spiro atoms. The van der Waals surface area contributed by atoms with Crippen LogP contribution in [0.5, 0.6) is 0 Å². The highest BCUT2D eigenvalue weighted by molar-refractivity contribution is 6.19. The van der Waals surface area contributed by atoms with Gasteiger partial charge in [-0.05, 0) is 82.2 Å². The zero-order valence-electron chi connectivity index (χ0n) is 26.5. The molecule has 10 rings (SSSR count). The van der Waals surface area contributed by atoms with Crippen LogP contribution in [0.1, 0.15) is 0 Å². The minimum absolute atomic E-state index is 0.871. The molecule has 0 unspecified atom stereocenters. The number of fused-ring (bicyclic) bond motifs is 8. The summed E-state index contributed by atoms with van der Waals surface area (Å²) in [7, 11) is 0. The minimum Gasteiger partial charge on any atom is -0.455 e. The van der Waals surface area contributed by atoms with E-state index in [9.17, 15) is 0 Å². The minimum atomic E-state index is 0.871. The fourth-order valence-corrected chi connectivity index (χ4v) is 7.35. The second kappa shape index (κ2) is 11.0. The van der Waals surface area contributed by atoms with Crippen LogP contribution in [0.25, 0.3) is 76.9 Å². The molecule has 2 heterocycles. The average molecular weight is 628 g/mol. The van der Waals surface area contributed by atoms with Crippen LogP contribution < -0.4 is 4.90 Å². The van der Waals surface area contributed by atoms with E-state index >= 15 is 0 Å². The third kappa shape index (κ3) is 4.44. The lowest BCUT2D eigenvalue weighted by molar-refractivity contribution is 0.669. The Balaban J connectivity index is 1.12. The van der Waals surface area contributed by atoms with Gasteiger partial charge in [0, 0.05) is 38.3 Å². The first-order valence-corrected chi connectivity index (χ1v) is 16.6. The predicted molar refractivity (Wildman–Crippen MR) is 204 cm³/mol. The van der Waals surface area contributed by atoms with Crippen molar-refractivity contribution in [3.05, 3.63) is 176 Å². The highest BCUT2D eigenvalue weighted by Crippen LogP contribution is 2.44. The summed E-state index contributed by atoms with van der Waals surface area (Å²) in [6, 6.07) is 61.9. The van der Waals surface area contributed by atoms with Gasteiger partial charge in [0.25, 0.3) is 0 Å². The largest absolute Gasteiger partial charge is 0.455 e. The maximum atomic E-state index is 6.61. The number of nitrogens with zero attached hydrogens (tertiary/aromatic N) is 1. The van der Waals surface area contributed by atoms with Crippen molar-refractivity contribution in [1.82, 2.24) is 0 Å². The van der Waals surface area contributed by atoms with Crippen LogP contribution in [0.3, 0.4) is 0 Å². The molecule has 230 valence electrons. The van der Waals surface area contributed by atoms with E-state index in [0.717, 1.165) is 82.8 Å². The van der Waals surface area contributed by atoms with E-state index < -0.39 is 0 Å². The van der Waals surface area contributed by atoms with Crippen LogP contribution in [0.2, 0.25) is 0 Å². The van der Waals surface area contributed by atoms with Gasteiger partial charge in [-0.3, -0.25) is 0 Å². The normalized spacial score (nSPS) is 11.7. The average Bonchev–Trinajstić information content (AvgIpc) is 3.74. The van der Waals surface area contributed by atoms with Gasteiger partial charge in [-0.1, -0.05) is 121 Å². The van der Waals surface area contributed by atoms with Gasteiger partial charge >= 0.3 is 0 Å². The van der Waals surface area contributed by atoms with E-state index in [0.29, 0.717) is 0 Å². The Morgan fingerprint density at radius 3 is 1.73 bits per heavy atom. The molecule has 0 bridgehead atoms.